The van der Waals surface area contributed by atoms with Crippen LogP contribution in [0, 0.1) is 23.6 Å². The van der Waals surface area contributed by atoms with E-state index in [2.05, 4.69) is 5.32 Å². The van der Waals surface area contributed by atoms with Gasteiger partial charge in [0.15, 0.2) is 0 Å². The highest BCUT2D eigenvalue weighted by Gasteiger charge is 2.40. The minimum Gasteiger partial charge on any atom is -0.353 e. The van der Waals surface area contributed by atoms with Crippen molar-refractivity contribution in [2.24, 2.45) is 23.5 Å². The van der Waals surface area contributed by atoms with Crippen LogP contribution in [-0.4, -0.2) is 18.0 Å². The summed E-state index contributed by atoms with van der Waals surface area (Å²) >= 11 is 0. The van der Waals surface area contributed by atoms with Crippen molar-refractivity contribution in [1.82, 2.24) is 5.32 Å². The summed E-state index contributed by atoms with van der Waals surface area (Å²) in [5.74, 6) is 0.998. The lowest BCUT2D eigenvalue weighted by Gasteiger charge is -2.43. The van der Waals surface area contributed by atoms with Crippen molar-refractivity contribution in [1.29, 1.82) is 0 Å². The van der Waals surface area contributed by atoms with Crippen molar-refractivity contribution in [3.8, 4) is 0 Å². The van der Waals surface area contributed by atoms with Gasteiger partial charge in [0.1, 0.15) is 5.82 Å². The summed E-state index contributed by atoms with van der Waals surface area (Å²) in [6.45, 7) is 1.94. The Hall–Kier alpha value is -1.13. The van der Waals surface area contributed by atoms with Crippen LogP contribution in [0.3, 0.4) is 0 Å². The second-order valence-electron chi connectivity index (χ2n) is 7.40. The van der Waals surface area contributed by atoms with Crippen LogP contribution in [0.4, 0.5) is 4.39 Å². The molecule has 2 aliphatic carbocycles. The van der Waals surface area contributed by atoms with E-state index in [-0.39, 0.29) is 42.1 Å². The molecule has 3 N–H and O–H groups in total. The molecular formula is C19H28ClFN2O. The van der Waals surface area contributed by atoms with E-state index in [4.69, 9.17) is 5.73 Å². The van der Waals surface area contributed by atoms with Crippen molar-refractivity contribution in [3.05, 3.63) is 35.6 Å². The molecule has 5 heteroatoms. The molecule has 3 nitrogen and oxygen atoms in total. The number of rotatable bonds is 4. The second kappa shape index (κ2) is 8.30. The highest BCUT2D eigenvalue weighted by Crippen LogP contribution is 2.41. The number of fused-ring (bicyclic) bond motifs is 2. The highest BCUT2D eigenvalue weighted by atomic mass is 35.5. The molecule has 2 bridgehead atoms. The van der Waals surface area contributed by atoms with Crippen LogP contribution in [0.1, 0.15) is 44.6 Å². The van der Waals surface area contributed by atoms with Gasteiger partial charge in [-0.15, -0.1) is 12.4 Å². The number of carbonyl (C=O) groups is 1. The van der Waals surface area contributed by atoms with Gasteiger partial charge < -0.3 is 11.1 Å². The summed E-state index contributed by atoms with van der Waals surface area (Å²) < 4.78 is 13.7. The van der Waals surface area contributed by atoms with Crippen LogP contribution in [0.25, 0.3) is 0 Å². The third-order valence-corrected chi connectivity index (χ3v) is 5.66. The first-order valence-corrected chi connectivity index (χ1v) is 8.84. The maximum Gasteiger partial charge on any atom is 0.223 e. The fraction of sp³-hybridized carbons (Fsp3) is 0.632. The molecule has 0 radical (unpaired) electrons. The molecule has 0 aromatic heterocycles. The summed E-state index contributed by atoms with van der Waals surface area (Å²) in [4.78, 5) is 12.6. The monoisotopic (exact) mass is 354 g/mol. The van der Waals surface area contributed by atoms with Crippen LogP contribution in [0.15, 0.2) is 24.3 Å². The van der Waals surface area contributed by atoms with E-state index in [1.54, 1.807) is 12.1 Å². The SMILES string of the molecule is CC(Cc1ccccc1F)NC(=O)C1CC2CCCC(C1)C2N.Cl. The summed E-state index contributed by atoms with van der Waals surface area (Å²) in [5, 5.41) is 3.08. The van der Waals surface area contributed by atoms with Gasteiger partial charge in [-0.05, 0) is 62.5 Å². The Bertz CT molecular complexity index is 554. The Labute approximate surface area is 150 Å². The third-order valence-electron chi connectivity index (χ3n) is 5.66. The van der Waals surface area contributed by atoms with E-state index in [1.165, 1.54) is 12.5 Å². The molecule has 0 spiro atoms. The lowest BCUT2D eigenvalue weighted by Crippen LogP contribution is -2.50. The molecule has 0 aliphatic heterocycles. The van der Waals surface area contributed by atoms with Crippen molar-refractivity contribution < 1.29 is 9.18 Å². The van der Waals surface area contributed by atoms with Crippen LogP contribution in [0.5, 0.6) is 0 Å². The zero-order valence-electron chi connectivity index (χ0n) is 14.2. The normalized spacial score (nSPS) is 30.1. The fourth-order valence-corrected chi connectivity index (χ4v) is 4.41. The molecule has 0 saturated heterocycles. The maximum atomic E-state index is 13.7. The van der Waals surface area contributed by atoms with Gasteiger partial charge in [-0.1, -0.05) is 24.6 Å². The van der Waals surface area contributed by atoms with E-state index in [9.17, 15) is 9.18 Å². The van der Waals surface area contributed by atoms with Crippen LogP contribution in [0.2, 0.25) is 0 Å². The molecule has 2 fully saturated rings. The number of amides is 1. The summed E-state index contributed by atoms with van der Waals surface area (Å²) in [6.07, 6.45) is 5.92. The van der Waals surface area contributed by atoms with E-state index in [1.807, 2.05) is 13.0 Å². The zero-order valence-corrected chi connectivity index (χ0v) is 15.0. The van der Waals surface area contributed by atoms with Gasteiger partial charge in [-0.3, -0.25) is 4.79 Å². The largest absolute Gasteiger partial charge is 0.353 e. The molecule has 1 amide bonds. The molecule has 3 atom stereocenters. The number of halogens is 2. The minimum absolute atomic E-state index is 0. The molecular weight excluding hydrogens is 327 g/mol. The first-order valence-electron chi connectivity index (χ1n) is 8.84. The van der Waals surface area contributed by atoms with Crippen molar-refractivity contribution >= 4 is 18.3 Å². The maximum absolute atomic E-state index is 13.7. The number of hydrogen-bond donors (Lipinski definition) is 2. The molecule has 1 aromatic rings. The Morgan fingerprint density at radius 3 is 2.54 bits per heavy atom. The summed E-state index contributed by atoms with van der Waals surface area (Å²) in [7, 11) is 0. The predicted molar refractivity (Wildman–Crippen MR) is 96.5 cm³/mol. The molecule has 2 saturated carbocycles. The molecule has 2 aliphatic rings. The van der Waals surface area contributed by atoms with E-state index < -0.39 is 0 Å². The molecule has 0 heterocycles. The van der Waals surface area contributed by atoms with Gasteiger partial charge in [0.05, 0.1) is 0 Å². The average Bonchev–Trinajstić information content (AvgIpc) is 2.49. The quantitative estimate of drug-likeness (QED) is 0.870. The number of carbonyl (C=O) groups excluding carboxylic acids is 1. The first-order chi connectivity index (χ1) is 11.0. The Balaban J connectivity index is 0.00000208. The zero-order chi connectivity index (χ0) is 16.4. The van der Waals surface area contributed by atoms with E-state index in [0.29, 0.717) is 23.8 Å². The fourth-order valence-electron chi connectivity index (χ4n) is 4.41. The number of nitrogens with one attached hydrogen (secondary N) is 1. The molecule has 24 heavy (non-hydrogen) atoms. The minimum atomic E-state index is -0.202. The predicted octanol–water partition coefficient (Wildman–Crippen LogP) is 3.45. The van der Waals surface area contributed by atoms with Crippen LogP contribution < -0.4 is 11.1 Å². The number of hydrogen-bond acceptors (Lipinski definition) is 2. The van der Waals surface area contributed by atoms with Gasteiger partial charge in [-0.25, -0.2) is 4.39 Å². The number of benzene rings is 1. The van der Waals surface area contributed by atoms with Gasteiger partial charge in [0, 0.05) is 18.0 Å². The van der Waals surface area contributed by atoms with Crippen LogP contribution >= 0.6 is 12.4 Å². The van der Waals surface area contributed by atoms with E-state index in [0.717, 1.165) is 25.7 Å². The van der Waals surface area contributed by atoms with Crippen molar-refractivity contribution in [2.45, 2.75) is 57.5 Å². The van der Waals surface area contributed by atoms with Gasteiger partial charge >= 0.3 is 0 Å². The lowest BCUT2D eigenvalue weighted by molar-refractivity contribution is -0.128. The molecule has 3 rings (SSSR count). The third kappa shape index (κ3) is 4.28. The Kier molecular flexibility index (Phi) is 6.64. The van der Waals surface area contributed by atoms with Crippen molar-refractivity contribution in [3.63, 3.8) is 0 Å². The molecule has 134 valence electrons. The molecule has 3 unspecified atom stereocenters. The van der Waals surface area contributed by atoms with Gasteiger partial charge in [0.25, 0.3) is 0 Å². The van der Waals surface area contributed by atoms with Crippen LogP contribution in [-0.2, 0) is 11.2 Å². The number of nitrogens with two attached hydrogens (primary N) is 1. The second-order valence-corrected chi connectivity index (χ2v) is 7.40. The Morgan fingerprint density at radius 2 is 1.92 bits per heavy atom. The van der Waals surface area contributed by atoms with E-state index >= 15 is 0 Å². The van der Waals surface area contributed by atoms with Gasteiger partial charge in [0.2, 0.25) is 5.91 Å². The highest BCUT2D eigenvalue weighted by molar-refractivity contribution is 5.85. The van der Waals surface area contributed by atoms with Gasteiger partial charge in [-0.2, -0.15) is 0 Å². The summed E-state index contributed by atoms with van der Waals surface area (Å²) in [6, 6.07) is 6.98. The lowest BCUT2D eigenvalue weighted by atomic mass is 9.65. The Morgan fingerprint density at radius 1 is 1.29 bits per heavy atom. The smallest absolute Gasteiger partial charge is 0.223 e. The topological polar surface area (TPSA) is 55.1 Å². The van der Waals surface area contributed by atoms with Crippen molar-refractivity contribution in [2.75, 3.05) is 0 Å². The summed E-state index contributed by atoms with van der Waals surface area (Å²) in [5.41, 5.74) is 6.95. The standard InChI is InChI=1S/C19H27FN2O.ClH/c1-12(9-13-5-2-3-8-17(13)20)22-19(23)16-10-14-6-4-7-15(11-16)18(14)21;/h2-3,5,8,12,14-16,18H,4,6-7,9-11,21H2,1H3,(H,22,23);1H. The first kappa shape index (κ1) is 19.2. The average molecular weight is 355 g/mol. The molecule has 1 aromatic carbocycles.